The van der Waals surface area contributed by atoms with Crippen molar-refractivity contribution >= 4 is 5.91 Å². The Bertz CT molecular complexity index is 475. The predicted molar refractivity (Wildman–Crippen MR) is 63.3 cm³/mol. The number of terminal acetylenes is 1. The molecule has 90 valence electrons. The second kappa shape index (κ2) is 4.88. The van der Waals surface area contributed by atoms with Crippen molar-refractivity contribution < 1.29 is 13.9 Å². The topological polar surface area (TPSA) is 38.3 Å². The monoisotopic (exact) mass is 235 g/mol. The Labute approximate surface area is 100.0 Å². The fraction of sp³-hybridized carbons (Fsp3) is 0.308. The summed E-state index contributed by atoms with van der Waals surface area (Å²) in [6.07, 6.45) is 5.25. The van der Waals surface area contributed by atoms with Crippen LogP contribution in [-0.4, -0.2) is 18.6 Å². The lowest BCUT2D eigenvalue weighted by Gasteiger charge is -2.19. The van der Waals surface area contributed by atoms with Crippen LogP contribution in [0.4, 0.5) is 4.39 Å². The molecule has 3 nitrogen and oxygen atoms in total. The van der Waals surface area contributed by atoms with Gasteiger partial charge in [-0.1, -0.05) is 5.92 Å². The molecule has 1 aromatic carbocycles. The molecule has 0 aromatic heterocycles. The Morgan fingerprint density at radius 3 is 2.65 bits per heavy atom. The first-order chi connectivity index (χ1) is 7.89. The van der Waals surface area contributed by atoms with Crippen LogP contribution < -0.4 is 10.1 Å². The molecule has 1 N–H and O–H groups in total. The summed E-state index contributed by atoms with van der Waals surface area (Å²) in [5, 5.41) is 2.60. The average molecular weight is 235 g/mol. The molecule has 0 aliphatic rings. The predicted octanol–water partition coefficient (Wildman–Crippen LogP) is 1.98. The Balaban J connectivity index is 2.92. The quantitative estimate of drug-likeness (QED) is 0.813. The first-order valence-corrected chi connectivity index (χ1v) is 5.03. The molecule has 4 heteroatoms. The number of benzene rings is 1. The van der Waals surface area contributed by atoms with Gasteiger partial charge in [0.15, 0.2) is 11.6 Å². The summed E-state index contributed by atoms with van der Waals surface area (Å²) in [6, 6.07) is 3.98. The maximum atomic E-state index is 13.4. The highest BCUT2D eigenvalue weighted by atomic mass is 19.1. The maximum Gasteiger partial charge on any atom is 0.252 e. The number of methoxy groups -OCH3 is 1. The summed E-state index contributed by atoms with van der Waals surface area (Å²) in [5.74, 6) is 1.52. The van der Waals surface area contributed by atoms with Crippen LogP contribution in [0.15, 0.2) is 18.2 Å². The Morgan fingerprint density at radius 1 is 1.53 bits per heavy atom. The first kappa shape index (κ1) is 13.0. The minimum atomic E-state index is -0.770. The van der Waals surface area contributed by atoms with Crippen molar-refractivity contribution in [2.75, 3.05) is 7.11 Å². The Kier molecular flexibility index (Phi) is 3.74. The molecular formula is C13H14FNO2. The van der Waals surface area contributed by atoms with Crippen LogP contribution >= 0.6 is 0 Å². The zero-order valence-corrected chi connectivity index (χ0v) is 10.0. The number of carbonyl (C=O) groups is 1. The molecule has 0 saturated heterocycles. The lowest BCUT2D eigenvalue weighted by molar-refractivity contribution is 0.0929. The van der Waals surface area contributed by atoms with Crippen LogP contribution in [-0.2, 0) is 0 Å². The maximum absolute atomic E-state index is 13.4. The summed E-state index contributed by atoms with van der Waals surface area (Å²) < 4.78 is 18.1. The van der Waals surface area contributed by atoms with Gasteiger partial charge in [-0.25, -0.2) is 4.39 Å². The highest BCUT2D eigenvalue weighted by Crippen LogP contribution is 2.18. The minimum absolute atomic E-state index is 0.0951. The molecule has 0 radical (unpaired) electrons. The summed E-state index contributed by atoms with van der Waals surface area (Å²) >= 11 is 0. The van der Waals surface area contributed by atoms with Crippen LogP contribution in [0.2, 0.25) is 0 Å². The van der Waals surface area contributed by atoms with Gasteiger partial charge in [0.2, 0.25) is 0 Å². The summed E-state index contributed by atoms with van der Waals surface area (Å²) in [5.41, 5.74) is -0.570. The summed E-state index contributed by atoms with van der Waals surface area (Å²) in [4.78, 5) is 11.8. The molecular weight excluding hydrogens is 221 g/mol. The molecule has 0 fully saturated rings. The average Bonchev–Trinajstić information content (AvgIpc) is 2.28. The van der Waals surface area contributed by atoms with Gasteiger partial charge in [-0.15, -0.1) is 6.42 Å². The number of rotatable bonds is 3. The summed E-state index contributed by atoms with van der Waals surface area (Å²) in [7, 11) is 1.36. The van der Waals surface area contributed by atoms with E-state index in [2.05, 4.69) is 11.2 Å². The zero-order chi connectivity index (χ0) is 13.1. The van der Waals surface area contributed by atoms with Crippen LogP contribution in [0.3, 0.4) is 0 Å². The van der Waals surface area contributed by atoms with Crippen molar-refractivity contribution in [1.82, 2.24) is 5.32 Å². The van der Waals surface area contributed by atoms with Gasteiger partial charge < -0.3 is 10.1 Å². The smallest absolute Gasteiger partial charge is 0.252 e. The van der Waals surface area contributed by atoms with Gasteiger partial charge in [0, 0.05) is 5.56 Å². The van der Waals surface area contributed by atoms with Crippen LogP contribution in [0.1, 0.15) is 24.2 Å². The molecule has 17 heavy (non-hydrogen) atoms. The molecule has 1 rings (SSSR count). The van der Waals surface area contributed by atoms with Gasteiger partial charge in [0.1, 0.15) is 0 Å². The molecule has 0 spiro atoms. The van der Waals surface area contributed by atoms with Crippen molar-refractivity contribution in [3.05, 3.63) is 29.6 Å². The van der Waals surface area contributed by atoms with E-state index in [4.69, 9.17) is 11.2 Å². The first-order valence-electron chi connectivity index (χ1n) is 5.03. The zero-order valence-electron chi connectivity index (χ0n) is 10.0. The second-order valence-corrected chi connectivity index (χ2v) is 4.07. The van der Waals surface area contributed by atoms with Gasteiger partial charge >= 0.3 is 0 Å². The minimum Gasteiger partial charge on any atom is -0.494 e. The SMILES string of the molecule is C#CC(C)(C)NC(=O)c1ccc(OC)c(F)c1. The lowest BCUT2D eigenvalue weighted by atomic mass is 10.1. The van der Waals surface area contributed by atoms with E-state index in [1.165, 1.54) is 19.2 Å². The number of amides is 1. The normalized spacial score (nSPS) is 10.5. The highest BCUT2D eigenvalue weighted by molar-refractivity contribution is 5.95. The van der Waals surface area contributed by atoms with Crippen LogP contribution in [0.25, 0.3) is 0 Å². The van der Waals surface area contributed by atoms with Crippen LogP contribution in [0.5, 0.6) is 5.75 Å². The van der Waals surface area contributed by atoms with Gasteiger partial charge in [-0.05, 0) is 32.0 Å². The number of carbonyl (C=O) groups excluding carboxylic acids is 1. The molecule has 1 amide bonds. The van der Waals surface area contributed by atoms with E-state index < -0.39 is 17.3 Å². The largest absolute Gasteiger partial charge is 0.494 e. The molecule has 0 aliphatic carbocycles. The van der Waals surface area contributed by atoms with Crippen molar-refractivity contribution in [3.8, 4) is 18.1 Å². The third kappa shape index (κ3) is 3.22. The molecule has 0 aliphatic heterocycles. The van der Waals surface area contributed by atoms with E-state index in [0.717, 1.165) is 6.07 Å². The van der Waals surface area contributed by atoms with E-state index in [-0.39, 0.29) is 11.3 Å². The standard InChI is InChI=1S/C13H14FNO2/c1-5-13(2,3)15-12(16)9-6-7-11(17-4)10(14)8-9/h1,6-8H,2-4H3,(H,15,16). The Morgan fingerprint density at radius 2 is 2.18 bits per heavy atom. The highest BCUT2D eigenvalue weighted by Gasteiger charge is 2.18. The van der Waals surface area contributed by atoms with E-state index in [0.29, 0.717) is 0 Å². The van der Waals surface area contributed by atoms with Gasteiger partial charge in [-0.3, -0.25) is 4.79 Å². The number of hydrogen-bond acceptors (Lipinski definition) is 2. The van der Waals surface area contributed by atoms with E-state index in [1.807, 2.05) is 0 Å². The summed E-state index contributed by atoms with van der Waals surface area (Å²) in [6.45, 7) is 3.37. The van der Waals surface area contributed by atoms with Crippen molar-refractivity contribution in [2.24, 2.45) is 0 Å². The van der Waals surface area contributed by atoms with Crippen molar-refractivity contribution in [3.63, 3.8) is 0 Å². The molecule has 0 bridgehead atoms. The van der Waals surface area contributed by atoms with Crippen LogP contribution in [0, 0.1) is 18.2 Å². The molecule has 0 saturated carbocycles. The number of ether oxygens (including phenoxy) is 1. The Hall–Kier alpha value is -2.02. The third-order valence-corrected chi connectivity index (χ3v) is 2.20. The van der Waals surface area contributed by atoms with E-state index >= 15 is 0 Å². The van der Waals surface area contributed by atoms with E-state index in [9.17, 15) is 9.18 Å². The molecule has 0 unspecified atom stereocenters. The molecule has 0 heterocycles. The van der Waals surface area contributed by atoms with Crippen molar-refractivity contribution in [1.29, 1.82) is 0 Å². The number of halogens is 1. The van der Waals surface area contributed by atoms with Crippen molar-refractivity contribution in [2.45, 2.75) is 19.4 Å². The number of hydrogen-bond donors (Lipinski definition) is 1. The van der Waals surface area contributed by atoms with E-state index in [1.54, 1.807) is 13.8 Å². The molecule has 0 atom stereocenters. The fourth-order valence-corrected chi connectivity index (χ4v) is 1.20. The lowest BCUT2D eigenvalue weighted by Crippen LogP contribution is -2.42. The van der Waals surface area contributed by atoms with Gasteiger partial charge in [0.05, 0.1) is 12.6 Å². The number of nitrogens with one attached hydrogen (secondary N) is 1. The van der Waals surface area contributed by atoms with Gasteiger partial charge in [0.25, 0.3) is 5.91 Å². The fourth-order valence-electron chi connectivity index (χ4n) is 1.20. The molecule has 1 aromatic rings. The third-order valence-electron chi connectivity index (χ3n) is 2.20. The second-order valence-electron chi connectivity index (χ2n) is 4.07. The van der Waals surface area contributed by atoms with Gasteiger partial charge in [-0.2, -0.15) is 0 Å².